The van der Waals surface area contributed by atoms with Crippen LogP contribution >= 0.6 is 15.9 Å². The molecule has 20 heavy (non-hydrogen) atoms. The van der Waals surface area contributed by atoms with Gasteiger partial charge >= 0.3 is 0 Å². The number of ether oxygens (including phenoxy) is 1. The van der Waals surface area contributed by atoms with Crippen LogP contribution in [0.4, 0.5) is 0 Å². The number of aromatic nitrogens is 2. The Morgan fingerprint density at radius 2 is 2.25 bits per heavy atom. The Kier molecular flexibility index (Phi) is 5.20. The van der Waals surface area contributed by atoms with Crippen molar-refractivity contribution in [1.82, 2.24) is 14.9 Å². The van der Waals surface area contributed by atoms with Gasteiger partial charge in [0.05, 0.1) is 0 Å². The summed E-state index contributed by atoms with van der Waals surface area (Å²) < 4.78 is 8.96. The molecule has 0 aliphatic rings. The van der Waals surface area contributed by atoms with E-state index in [0.29, 0.717) is 6.61 Å². The molecule has 0 saturated carbocycles. The lowest BCUT2D eigenvalue weighted by Gasteiger charge is -2.18. The number of rotatable bonds is 6. The minimum Gasteiger partial charge on any atom is -0.485 e. The molecule has 0 bridgehead atoms. The molecule has 0 aliphatic heterocycles. The molecule has 1 aromatic heterocycles. The fraction of sp³-hybridized carbons (Fsp3) is 0.400. The fourth-order valence-corrected chi connectivity index (χ4v) is 2.46. The van der Waals surface area contributed by atoms with Crippen molar-refractivity contribution in [3.8, 4) is 5.75 Å². The van der Waals surface area contributed by atoms with Crippen LogP contribution in [-0.4, -0.2) is 16.1 Å². The molecule has 2 rings (SSSR count). The lowest BCUT2D eigenvalue weighted by atomic mass is 10.1. The highest BCUT2D eigenvalue weighted by atomic mass is 79.9. The summed E-state index contributed by atoms with van der Waals surface area (Å²) in [4.78, 5) is 4.27. The summed E-state index contributed by atoms with van der Waals surface area (Å²) in [5.41, 5.74) is 1.15. The third kappa shape index (κ3) is 3.61. The zero-order valence-electron chi connectivity index (χ0n) is 12.1. The van der Waals surface area contributed by atoms with Gasteiger partial charge in [0.25, 0.3) is 0 Å². The number of aryl methyl sites for hydroxylation is 1. The lowest BCUT2D eigenvalue weighted by molar-refractivity contribution is 0.286. The van der Waals surface area contributed by atoms with E-state index in [9.17, 15) is 0 Å². The van der Waals surface area contributed by atoms with E-state index in [1.165, 1.54) is 0 Å². The first-order chi connectivity index (χ1) is 9.61. The molecule has 0 amide bonds. The summed E-state index contributed by atoms with van der Waals surface area (Å²) in [7, 11) is 1.97. The van der Waals surface area contributed by atoms with Gasteiger partial charge in [0.1, 0.15) is 18.2 Å². The molecule has 0 spiro atoms. The predicted octanol–water partition coefficient (Wildman–Crippen LogP) is 3.43. The van der Waals surface area contributed by atoms with Crippen LogP contribution in [0, 0.1) is 0 Å². The number of benzene rings is 1. The Hall–Kier alpha value is -1.33. The van der Waals surface area contributed by atoms with Crippen molar-refractivity contribution >= 4 is 15.9 Å². The van der Waals surface area contributed by atoms with Crippen LogP contribution in [0.15, 0.2) is 35.1 Å². The average molecular weight is 338 g/mol. The van der Waals surface area contributed by atoms with Gasteiger partial charge in [0.2, 0.25) is 0 Å². The van der Waals surface area contributed by atoms with E-state index >= 15 is 0 Å². The van der Waals surface area contributed by atoms with Crippen molar-refractivity contribution < 1.29 is 4.74 Å². The number of nitrogens with one attached hydrogen (secondary N) is 1. The first-order valence-electron chi connectivity index (χ1n) is 6.73. The molecule has 1 aromatic carbocycles. The zero-order valence-corrected chi connectivity index (χ0v) is 13.6. The second kappa shape index (κ2) is 6.90. The van der Waals surface area contributed by atoms with Gasteiger partial charge in [0, 0.05) is 35.5 Å². The molecule has 4 nitrogen and oxygen atoms in total. The standard InChI is InChI=1S/C15H20BrN3O/c1-4-17-11(2)13-9-12(16)5-6-14(13)20-10-15-18-7-8-19(15)3/h5-9,11,17H,4,10H2,1-3H3. The maximum absolute atomic E-state index is 5.94. The highest BCUT2D eigenvalue weighted by Gasteiger charge is 2.12. The predicted molar refractivity (Wildman–Crippen MR) is 83.8 cm³/mol. The monoisotopic (exact) mass is 337 g/mol. The second-order valence-electron chi connectivity index (χ2n) is 4.70. The van der Waals surface area contributed by atoms with E-state index in [1.807, 2.05) is 29.9 Å². The van der Waals surface area contributed by atoms with Crippen molar-refractivity contribution in [3.05, 3.63) is 46.5 Å². The van der Waals surface area contributed by atoms with E-state index in [1.54, 1.807) is 6.20 Å². The first-order valence-corrected chi connectivity index (χ1v) is 7.53. The first kappa shape index (κ1) is 15.1. The van der Waals surface area contributed by atoms with E-state index in [4.69, 9.17) is 4.74 Å². The van der Waals surface area contributed by atoms with E-state index in [-0.39, 0.29) is 6.04 Å². The summed E-state index contributed by atoms with van der Waals surface area (Å²) in [6.07, 6.45) is 3.70. The molecular formula is C15H20BrN3O. The van der Waals surface area contributed by atoms with Gasteiger partial charge in [-0.15, -0.1) is 0 Å². The Labute approximate surface area is 128 Å². The van der Waals surface area contributed by atoms with Gasteiger partial charge in [-0.2, -0.15) is 0 Å². The molecule has 1 heterocycles. The molecule has 1 atom stereocenters. The minimum absolute atomic E-state index is 0.244. The quantitative estimate of drug-likeness (QED) is 0.877. The molecule has 5 heteroatoms. The Morgan fingerprint density at radius 3 is 2.90 bits per heavy atom. The molecule has 2 aromatic rings. The average Bonchev–Trinajstić information content (AvgIpc) is 2.83. The molecule has 0 aliphatic carbocycles. The normalized spacial score (nSPS) is 12.4. The number of nitrogens with zero attached hydrogens (tertiary/aromatic N) is 2. The highest BCUT2D eigenvalue weighted by Crippen LogP contribution is 2.29. The maximum atomic E-state index is 5.94. The van der Waals surface area contributed by atoms with Gasteiger partial charge in [0.15, 0.2) is 0 Å². The van der Waals surface area contributed by atoms with Gasteiger partial charge in [-0.25, -0.2) is 4.98 Å². The molecule has 1 unspecified atom stereocenters. The molecule has 1 N–H and O–H groups in total. The highest BCUT2D eigenvalue weighted by molar-refractivity contribution is 9.10. The topological polar surface area (TPSA) is 39.1 Å². The zero-order chi connectivity index (χ0) is 14.5. The van der Waals surface area contributed by atoms with E-state index in [2.05, 4.69) is 46.1 Å². The molecule has 0 fully saturated rings. The van der Waals surface area contributed by atoms with Crippen LogP contribution < -0.4 is 10.1 Å². The van der Waals surface area contributed by atoms with Gasteiger partial charge < -0.3 is 14.6 Å². The number of imidazole rings is 1. The minimum atomic E-state index is 0.244. The smallest absolute Gasteiger partial charge is 0.146 e. The SMILES string of the molecule is CCNC(C)c1cc(Br)ccc1OCc1nccn1C. The van der Waals surface area contributed by atoms with Gasteiger partial charge in [-0.1, -0.05) is 22.9 Å². The number of hydrogen-bond donors (Lipinski definition) is 1. The molecule has 0 radical (unpaired) electrons. The molecule has 108 valence electrons. The van der Waals surface area contributed by atoms with Crippen molar-refractivity contribution in [3.63, 3.8) is 0 Å². The summed E-state index contributed by atoms with van der Waals surface area (Å²) in [6.45, 7) is 5.63. The number of halogens is 1. The van der Waals surface area contributed by atoms with Gasteiger partial charge in [-0.3, -0.25) is 0 Å². The Morgan fingerprint density at radius 1 is 1.45 bits per heavy atom. The Balaban J connectivity index is 2.16. The van der Waals surface area contributed by atoms with Crippen molar-refractivity contribution in [1.29, 1.82) is 0 Å². The van der Waals surface area contributed by atoms with E-state index < -0.39 is 0 Å². The lowest BCUT2D eigenvalue weighted by Crippen LogP contribution is -2.18. The number of hydrogen-bond acceptors (Lipinski definition) is 3. The second-order valence-corrected chi connectivity index (χ2v) is 5.62. The van der Waals surface area contributed by atoms with Crippen LogP contribution in [0.5, 0.6) is 5.75 Å². The van der Waals surface area contributed by atoms with Crippen LogP contribution in [0.25, 0.3) is 0 Å². The van der Waals surface area contributed by atoms with Crippen LogP contribution in [0.3, 0.4) is 0 Å². The third-order valence-corrected chi connectivity index (χ3v) is 3.72. The summed E-state index contributed by atoms with van der Waals surface area (Å²) in [5, 5.41) is 3.41. The summed E-state index contributed by atoms with van der Waals surface area (Å²) in [6, 6.07) is 6.33. The fourth-order valence-electron chi connectivity index (χ4n) is 2.08. The van der Waals surface area contributed by atoms with Gasteiger partial charge in [-0.05, 0) is 31.7 Å². The van der Waals surface area contributed by atoms with Crippen molar-refractivity contribution in [2.45, 2.75) is 26.5 Å². The van der Waals surface area contributed by atoms with E-state index in [0.717, 1.165) is 28.2 Å². The van der Waals surface area contributed by atoms with Crippen molar-refractivity contribution in [2.75, 3.05) is 6.54 Å². The van der Waals surface area contributed by atoms with Crippen LogP contribution in [0.1, 0.15) is 31.3 Å². The summed E-state index contributed by atoms with van der Waals surface area (Å²) in [5.74, 6) is 1.81. The van der Waals surface area contributed by atoms with Crippen LogP contribution in [-0.2, 0) is 13.7 Å². The molecular weight excluding hydrogens is 318 g/mol. The third-order valence-electron chi connectivity index (χ3n) is 3.23. The molecule has 0 saturated heterocycles. The van der Waals surface area contributed by atoms with Crippen LogP contribution in [0.2, 0.25) is 0 Å². The van der Waals surface area contributed by atoms with Crippen molar-refractivity contribution in [2.24, 2.45) is 7.05 Å². The maximum Gasteiger partial charge on any atom is 0.146 e. The largest absolute Gasteiger partial charge is 0.485 e. The Bertz CT molecular complexity index is 568. The summed E-state index contributed by atoms with van der Waals surface area (Å²) >= 11 is 3.52.